The molecule has 168 valence electrons. The first kappa shape index (κ1) is 22.3. The van der Waals surface area contributed by atoms with Gasteiger partial charge in [0.2, 0.25) is 0 Å². The second-order valence-electron chi connectivity index (χ2n) is 7.99. The first-order valence-electron chi connectivity index (χ1n) is 10.9. The maximum Gasteiger partial charge on any atom is 0.338 e. The molecule has 7 heteroatoms. The number of thioether (sulfide) groups is 1. The Bertz CT molecular complexity index is 996. The van der Waals surface area contributed by atoms with Crippen molar-refractivity contribution in [2.45, 2.75) is 48.3 Å². The van der Waals surface area contributed by atoms with Crippen molar-refractivity contribution in [3.63, 3.8) is 0 Å². The van der Waals surface area contributed by atoms with E-state index in [0.717, 1.165) is 5.56 Å². The van der Waals surface area contributed by atoms with Gasteiger partial charge in [0.1, 0.15) is 5.75 Å². The summed E-state index contributed by atoms with van der Waals surface area (Å²) >= 11 is 1.92. The summed E-state index contributed by atoms with van der Waals surface area (Å²) < 4.78 is 10.3. The summed E-state index contributed by atoms with van der Waals surface area (Å²) in [5.41, 5.74) is 2.34. The Morgan fingerprint density at radius 3 is 2.28 bits per heavy atom. The van der Waals surface area contributed by atoms with E-state index in [4.69, 9.17) is 9.47 Å². The van der Waals surface area contributed by atoms with Crippen LogP contribution in [0.5, 0.6) is 5.75 Å². The van der Waals surface area contributed by atoms with Crippen LogP contribution in [0, 0.1) is 0 Å². The van der Waals surface area contributed by atoms with Crippen LogP contribution in [0.4, 0.5) is 4.79 Å². The van der Waals surface area contributed by atoms with Crippen molar-refractivity contribution in [3.05, 3.63) is 65.2 Å². The molecule has 0 saturated heterocycles. The molecule has 32 heavy (non-hydrogen) atoms. The highest BCUT2D eigenvalue weighted by Crippen LogP contribution is 2.36. The van der Waals surface area contributed by atoms with Gasteiger partial charge >= 0.3 is 12.0 Å². The van der Waals surface area contributed by atoms with Gasteiger partial charge in [0.05, 0.1) is 31.5 Å². The molecule has 1 saturated carbocycles. The van der Waals surface area contributed by atoms with E-state index in [0.29, 0.717) is 27.8 Å². The number of benzene rings is 2. The Labute approximate surface area is 192 Å². The number of hydrogen-bond acceptors (Lipinski definition) is 5. The van der Waals surface area contributed by atoms with Crippen molar-refractivity contribution in [1.82, 2.24) is 10.6 Å². The molecule has 0 bridgehead atoms. The lowest BCUT2D eigenvalue weighted by Crippen LogP contribution is -2.45. The molecule has 1 fully saturated rings. The van der Waals surface area contributed by atoms with E-state index >= 15 is 0 Å². The van der Waals surface area contributed by atoms with Gasteiger partial charge in [-0.3, -0.25) is 0 Å². The van der Waals surface area contributed by atoms with Gasteiger partial charge in [-0.05, 0) is 60.4 Å². The van der Waals surface area contributed by atoms with Crippen LogP contribution < -0.4 is 15.4 Å². The lowest BCUT2D eigenvalue weighted by Gasteiger charge is -2.29. The van der Waals surface area contributed by atoms with Gasteiger partial charge in [-0.25, -0.2) is 9.59 Å². The van der Waals surface area contributed by atoms with Crippen LogP contribution in [0.2, 0.25) is 0 Å². The Kier molecular flexibility index (Phi) is 7.05. The molecule has 1 aliphatic heterocycles. The van der Waals surface area contributed by atoms with E-state index in [-0.39, 0.29) is 6.03 Å². The standard InChI is InChI=1S/C25H28N2O4S/c1-30-18-12-8-16(9-13-18)22-21(24(28)31-2)23(27-25(29)26-22)17-10-14-20(15-11-17)32-19-6-4-3-5-7-19/h8-15,19,23H,3-7H2,1-2H3,(H2,26,27,29). The zero-order valence-electron chi connectivity index (χ0n) is 18.4. The number of methoxy groups -OCH3 is 2. The molecule has 1 aliphatic carbocycles. The quantitative estimate of drug-likeness (QED) is 0.599. The minimum Gasteiger partial charge on any atom is -0.497 e. The maximum absolute atomic E-state index is 12.8. The van der Waals surface area contributed by atoms with Crippen molar-refractivity contribution in [2.75, 3.05) is 14.2 Å². The molecule has 1 atom stereocenters. The molecule has 6 nitrogen and oxygen atoms in total. The van der Waals surface area contributed by atoms with Crippen LogP contribution in [0.3, 0.4) is 0 Å². The number of amides is 2. The topological polar surface area (TPSA) is 76.7 Å². The summed E-state index contributed by atoms with van der Waals surface area (Å²) in [6.07, 6.45) is 6.47. The van der Waals surface area contributed by atoms with Gasteiger partial charge in [-0.15, -0.1) is 11.8 Å². The number of esters is 1. The molecule has 2 aromatic rings. The van der Waals surface area contributed by atoms with Crippen LogP contribution >= 0.6 is 11.8 Å². The second-order valence-corrected chi connectivity index (χ2v) is 9.36. The molecule has 0 aromatic heterocycles. The predicted octanol–water partition coefficient (Wildman–Crippen LogP) is 5.06. The fourth-order valence-electron chi connectivity index (χ4n) is 4.24. The van der Waals surface area contributed by atoms with Gasteiger partial charge in [-0.1, -0.05) is 31.4 Å². The van der Waals surface area contributed by atoms with Gasteiger partial charge in [0, 0.05) is 10.1 Å². The molecule has 2 aliphatic rings. The van der Waals surface area contributed by atoms with Crippen LogP contribution in [-0.2, 0) is 9.53 Å². The number of ether oxygens (including phenoxy) is 2. The van der Waals surface area contributed by atoms with Gasteiger partial charge in [0.15, 0.2) is 0 Å². The number of hydrogen-bond donors (Lipinski definition) is 2. The Morgan fingerprint density at radius 1 is 0.969 bits per heavy atom. The van der Waals surface area contributed by atoms with Crippen molar-refractivity contribution < 1.29 is 19.1 Å². The molecular weight excluding hydrogens is 424 g/mol. The van der Waals surface area contributed by atoms with Crippen LogP contribution in [0.1, 0.15) is 49.3 Å². The normalized spacial score (nSPS) is 19.2. The highest BCUT2D eigenvalue weighted by atomic mass is 32.2. The smallest absolute Gasteiger partial charge is 0.338 e. The summed E-state index contributed by atoms with van der Waals surface area (Å²) in [5.74, 6) is 0.200. The third-order valence-electron chi connectivity index (χ3n) is 5.92. The fraction of sp³-hybridized carbons (Fsp3) is 0.360. The number of nitrogens with one attached hydrogen (secondary N) is 2. The van der Waals surface area contributed by atoms with Crippen LogP contribution in [0.15, 0.2) is 59.0 Å². The summed E-state index contributed by atoms with van der Waals surface area (Å²) in [4.78, 5) is 26.5. The SMILES string of the molecule is COC(=O)C1=C(c2ccc(OC)cc2)NC(=O)NC1c1ccc(SC2CCCCC2)cc1. The molecular formula is C25H28N2O4S. The first-order valence-corrected chi connectivity index (χ1v) is 11.8. The summed E-state index contributed by atoms with van der Waals surface area (Å²) in [7, 11) is 2.94. The number of carbonyl (C=O) groups excluding carboxylic acids is 2. The third kappa shape index (κ3) is 4.93. The zero-order chi connectivity index (χ0) is 22.5. The van der Waals surface area contributed by atoms with E-state index in [1.54, 1.807) is 19.2 Å². The average Bonchev–Trinajstić information content (AvgIpc) is 2.84. The number of urea groups is 1. The Balaban J connectivity index is 1.66. The first-order chi connectivity index (χ1) is 15.6. The third-order valence-corrected chi connectivity index (χ3v) is 7.27. The number of rotatable bonds is 6. The van der Waals surface area contributed by atoms with Crippen molar-refractivity contribution in [2.24, 2.45) is 0 Å². The Hall–Kier alpha value is -2.93. The summed E-state index contributed by atoms with van der Waals surface area (Å²) in [5, 5.41) is 6.33. The van der Waals surface area contributed by atoms with E-state index < -0.39 is 12.0 Å². The Morgan fingerprint density at radius 2 is 1.66 bits per heavy atom. The van der Waals surface area contributed by atoms with Gasteiger partial charge < -0.3 is 20.1 Å². The largest absolute Gasteiger partial charge is 0.497 e. The predicted molar refractivity (Wildman–Crippen MR) is 126 cm³/mol. The molecule has 2 amide bonds. The number of carbonyl (C=O) groups is 2. The molecule has 2 aromatic carbocycles. The maximum atomic E-state index is 12.8. The van der Waals surface area contributed by atoms with Crippen LogP contribution in [-0.4, -0.2) is 31.5 Å². The van der Waals surface area contributed by atoms with E-state index in [1.807, 2.05) is 36.0 Å². The highest BCUT2D eigenvalue weighted by molar-refractivity contribution is 8.00. The summed E-state index contributed by atoms with van der Waals surface area (Å²) in [6.45, 7) is 0. The average molecular weight is 453 g/mol. The van der Waals surface area contributed by atoms with E-state index in [1.165, 1.54) is 44.1 Å². The molecule has 0 spiro atoms. The minimum atomic E-state index is -0.609. The lowest BCUT2D eigenvalue weighted by molar-refractivity contribution is -0.136. The van der Waals surface area contributed by atoms with Crippen LogP contribution in [0.25, 0.3) is 5.70 Å². The molecule has 4 rings (SSSR count). The monoisotopic (exact) mass is 452 g/mol. The molecule has 1 unspecified atom stereocenters. The van der Waals surface area contributed by atoms with E-state index in [9.17, 15) is 9.59 Å². The van der Waals surface area contributed by atoms with E-state index in [2.05, 4.69) is 22.8 Å². The molecule has 0 radical (unpaired) electrons. The van der Waals surface area contributed by atoms with Crippen molar-refractivity contribution in [1.29, 1.82) is 0 Å². The lowest BCUT2D eigenvalue weighted by atomic mass is 9.92. The van der Waals surface area contributed by atoms with Crippen molar-refractivity contribution >= 4 is 29.5 Å². The minimum absolute atomic E-state index is 0.366. The van der Waals surface area contributed by atoms with Gasteiger partial charge in [0.25, 0.3) is 0 Å². The fourth-order valence-corrected chi connectivity index (χ4v) is 5.49. The second kappa shape index (κ2) is 10.1. The van der Waals surface area contributed by atoms with Crippen molar-refractivity contribution in [3.8, 4) is 5.75 Å². The summed E-state index contributed by atoms with van der Waals surface area (Å²) in [6, 6.07) is 14.3. The molecule has 2 N–H and O–H groups in total. The highest BCUT2D eigenvalue weighted by Gasteiger charge is 2.34. The van der Waals surface area contributed by atoms with Gasteiger partial charge in [-0.2, -0.15) is 0 Å². The molecule has 1 heterocycles. The zero-order valence-corrected chi connectivity index (χ0v) is 19.2.